The van der Waals surface area contributed by atoms with Gasteiger partial charge in [-0.15, -0.1) is 0 Å². The van der Waals surface area contributed by atoms with Gasteiger partial charge in [0, 0.05) is 0 Å². The SMILES string of the molecule is CCCNC(c1ccc2c(c1)CCCO2)c1occc1C. The van der Waals surface area contributed by atoms with Gasteiger partial charge in [0.1, 0.15) is 11.5 Å². The summed E-state index contributed by atoms with van der Waals surface area (Å²) in [5.74, 6) is 2.05. The van der Waals surface area contributed by atoms with E-state index in [1.165, 1.54) is 16.7 Å². The zero-order valence-electron chi connectivity index (χ0n) is 12.8. The standard InChI is InChI=1S/C18H23NO2/c1-3-9-19-17(18-13(2)8-11-21-18)15-6-7-16-14(12-15)5-4-10-20-16/h6-8,11-12,17,19H,3-5,9-10H2,1-2H3. The molecular formula is C18H23NO2. The van der Waals surface area contributed by atoms with Crippen molar-refractivity contribution in [1.29, 1.82) is 0 Å². The third-order valence-electron chi connectivity index (χ3n) is 4.03. The minimum atomic E-state index is 0.118. The molecule has 2 aromatic rings. The van der Waals surface area contributed by atoms with Gasteiger partial charge in [-0.3, -0.25) is 0 Å². The highest BCUT2D eigenvalue weighted by atomic mass is 16.5. The van der Waals surface area contributed by atoms with Crippen LogP contribution in [0.4, 0.5) is 0 Å². The summed E-state index contributed by atoms with van der Waals surface area (Å²) < 4.78 is 11.4. The molecule has 112 valence electrons. The second kappa shape index (κ2) is 6.35. The first-order valence-electron chi connectivity index (χ1n) is 7.82. The maximum Gasteiger partial charge on any atom is 0.128 e. The minimum absolute atomic E-state index is 0.118. The Morgan fingerprint density at radius 2 is 2.19 bits per heavy atom. The lowest BCUT2D eigenvalue weighted by Gasteiger charge is -2.22. The number of rotatable bonds is 5. The maximum atomic E-state index is 5.73. The van der Waals surface area contributed by atoms with E-state index in [9.17, 15) is 0 Å². The molecule has 3 nitrogen and oxygen atoms in total. The molecule has 1 N–H and O–H groups in total. The lowest BCUT2D eigenvalue weighted by Crippen LogP contribution is -2.23. The van der Waals surface area contributed by atoms with E-state index in [1.807, 2.05) is 6.07 Å². The topological polar surface area (TPSA) is 34.4 Å². The molecule has 0 amide bonds. The normalized spacial score (nSPS) is 15.3. The Morgan fingerprint density at radius 1 is 1.29 bits per heavy atom. The van der Waals surface area contributed by atoms with Crippen molar-refractivity contribution in [2.45, 2.75) is 39.2 Å². The Balaban J connectivity index is 1.94. The third-order valence-corrected chi connectivity index (χ3v) is 4.03. The smallest absolute Gasteiger partial charge is 0.128 e. The molecule has 0 bridgehead atoms. The van der Waals surface area contributed by atoms with Crippen molar-refractivity contribution < 1.29 is 9.15 Å². The van der Waals surface area contributed by atoms with E-state index in [1.54, 1.807) is 6.26 Å². The van der Waals surface area contributed by atoms with E-state index in [-0.39, 0.29) is 6.04 Å². The van der Waals surface area contributed by atoms with Gasteiger partial charge in [-0.2, -0.15) is 0 Å². The van der Waals surface area contributed by atoms with Crippen LogP contribution in [0.3, 0.4) is 0 Å². The number of hydrogen-bond acceptors (Lipinski definition) is 3. The number of fused-ring (bicyclic) bond motifs is 1. The molecule has 3 rings (SSSR count). The second-order valence-corrected chi connectivity index (χ2v) is 5.67. The van der Waals surface area contributed by atoms with Gasteiger partial charge in [-0.25, -0.2) is 0 Å². The van der Waals surface area contributed by atoms with E-state index in [4.69, 9.17) is 9.15 Å². The molecule has 0 fully saturated rings. The molecule has 2 heterocycles. The van der Waals surface area contributed by atoms with Gasteiger partial charge >= 0.3 is 0 Å². The molecule has 0 saturated heterocycles. The van der Waals surface area contributed by atoms with Gasteiger partial charge in [0.2, 0.25) is 0 Å². The number of benzene rings is 1. The number of aryl methyl sites for hydroxylation is 2. The highest BCUT2D eigenvalue weighted by Gasteiger charge is 2.20. The van der Waals surface area contributed by atoms with Crippen molar-refractivity contribution in [2.75, 3.05) is 13.2 Å². The number of hydrogen-bond donors (Lipinski definition) is 1. The van der Waals surface area contributed by atoms with Crippen LogP contribution in [-0.2, 0) is 6.42 Å². The summed E-state index contributed by atoms with van der Waals surface area (Å²) in [6, 6.07) is 8.66. The Labute approximate surface area is 126 Å². The zero-order valence-corrected chi connectivity index (χ0v) is 12.8. The molecule has 0 spiro atoms. The maximum absolute atomic E-state index is 5.73. The molecule has 1 aliphatic rings. The van der Waals surface area contributed by atoms with Crippen LogP contribution < -0.4 is 10.1 Å². The van der Waals surface area contributed by atoms with Gasteiger partial charge < -0.3 is 14.5 Å². The lowest BCUT2D eigenvalue weighted by atomic mass is 9.96. The quantitative estimate of drug-likeness (QED) is 0.901. The van der Waals surface area contributed by atoms with Crippen molar-refractivity contribution in [2.24, 2.45) is 0 Å². The van der Waals surface area contributed by atoms with E-state index in [2.05, 4.69) is 37.4 Å². The van der Waals surface area contributed by atoms with Gasteiger partial charge in [-0.05, 0) is 61.6 Å². The largest absolute Gasteiger partial charge is 0.493 e. The number of ether oxygens (including phenoxy) is 1. The lowest BCUT2D eigenvalue weighted by molar-refractivity contribution is 0.288. The molecule has 0 aliphatic carbocycles. The fourth-order valence-electron chi connectivity index (χ4n) is 2.89. The highest BCUT2D eigenvalue weighted by Crippen LogP contribution is 2.31. The summed E-state index contributed by atoms with van der Waals surface area (Å²) in [6.07, 6.45) is 5.07. The van der Waals surface area contributed by atoms with Crippen LogP contribution in [0.25, 0.3) is 0 Å². The van der Waals surface area contributed by atoms with Crippen LogP contribution >= 0.6 is 0 Å². The first-order chi connectivity index (χ1) is 10.3. The fraction of sp³-hybridized carbons (Fsp3) is 0.444. The van der Waals surface area contributed by atoms with Crippen molar-refractivity contribution in [3.05, 3.63) is 53.0 Å². The van der Waals surface area contributed by atoms with Crippen molar-refractivity contribution in [3.8, 4) is 5.75 Å². The van der Waals surface area contributed by atoms with E-state index in [0.29, 0.717) is 0 Å². The molecule has 0 saturated carbocycles. The summed E-state index contributed by atoms with van der Waals surface area (Å²) in [5.41, 5.74) is 3.76. The summed E-state index contributed by atoms with van der Waals surface area (Å²) in [6.45, 7) is 6.08. The first kappa shape index (κ1) is 14.2. The minimum Gasteiger partial charge on any atom is -0.493 e. The van der Waals surface area contributed by atoms with Crippen molar-refractivity contribution in [1.82, 2.24) is 5.32 Å². The highest BCUT2D eigenvalue weighted by molar-refractivity contribution is 5.42. The molecule has 1 aliphatic heterocycles. The van der Waals surface area contributed by atoms with Crippen LogP contribution in [0.1, 0.15) is 48.3 Å². The molecule has 0 radical (unpaired) electrons. The summed E-state index contributed by atoms with van der Waals surface area (Å²) >= 11 is 0. The predicted octanol–water partition coefficient (Wildman–Crippen LogP) is 4.00. The summed E-state index contributed by atoms with van der Waals surface area (Å²) in [5, 5.41) is 3.60. The van der Waals surface area contributed by atoms with E-state index in [0.717, 1.165) is 43.9 Å². The van der Waals surface area contributed by atoms with Crippen LogP contribution in [-0.4, -0.2) is 13.2 Å². The van der Waals surface area contributed by atoms with Crippen LogP contribution in [0.15, 0.2) is 34.9 Å². The Kier molecular flexibility index (Phi) is 4.30. The van der Waals surface area contributed by atoms with Crippen LogP contribution in [0.2, 0.25) is 0 Å². The van der Waals surface area contributed by atoms with Crippen LogP contribution in [0, 0.1) is 6.92 Å². The molecule has 1 atom stereocenters. The molecule has 1 aromatic carbocycles. The van der Waals surface area contributed by atoms with Gasteiger partial charge in [0.25, 0.3) is 0 Å². The van der Waals surface area contributed by atoms with E-state index >= 15 is 0 Å². The average Bonchev–Trinajstić information content (AvgIpc) is 2.94. The Morgan fingerprint density at radius 3 is 2.95 bits per heavy atom. The van der Waals surface area contributed by atoms with Crippen molar-refractivity contribution >= 4 is 0 Å². The predicted molar refractivity (Wildman–Crippen MR) is 83.8 cm³/mol. The van der Waals surface area contributed by atoms with Gasteiger partial charge in [-0.1, -0.05) is 19.1 Å². The monoisotopic (exact) mass is 285 g/mol. The summed E-state index contributed by atoms with van der Waals surface area (Å²) in [4.78, 5) is 0. The third kappa shape index (κ3) is 2.98. The second-order valence-electron chi connectivity index (χ2n) is 5.67. The molecule has 1 aromatic heterocycles. The average molecular weight is 285 g/mol. The van der Waals surface area contributed by atoms with Gasteiger partial charge in [0.05, 0.1) is 18.9 Å². The molecular weight excluding hydrogens is 262 g/mol. The van der Waals surface area contributed by atoms with Crippen LogP contribution in [0.5, 0.6) is 5.75 Å². The fourth-order valence-corrected chi connectivity index (χ4v) is 2.89. The zero-order chi connectivity index (χ0) is 14.7. The molecule has 21 heavy (non-hydrogen) atoms. The number of furan rings is 1. The Bertz CT molecular complexity index is 603. The molecule has 1 unspecified atom stereocenters. The van der Waals surface area contributed by atoms with Gasteiger partial charge in [0.15, 0.2) is 0 Å². The first-order valence-corrected chi connectivity index (χ1v) is 7.82. The van der Waals surface area contributed by atoms with Crippen molar-refractivity contribution in [3.63, 3.8) is 0 Å². The van der Waals surface area contributed by atoms with E-state index < -0.39 is 0 Å². The number of nitrogens with one attached hydrogen (secondary N) is 1. The molecule has 3 heteroatoms. The Hall–Kier alpha value is -1.74. The summed E-state index contributed by atoms with van der Waals surface area (Å²) in [7, 11) is 0.